The molecule has 0 bridgehead atoms. The number of hydrogen-bond donors (Lipinski definition) is 0. The van der Waals surface area contributed by atoms with Crippen molar-refractivity contribution in [3.8, 4) is 101 Å². The van der Waals surface area contributed by atoms with Crippen LogP contribution in [-0.4, -0.2) is 29.9 Å². The third-order valence-electron chi connectivity index (χ3n) is 19.8. The molecule has 0 aliphatic heterocycles. The summed E-state index contributed by atoms with van der Waals surface area (Å²) in [6.07, 6.45) is 9.47. The van der Waals surface area contributed by atoms with Gasteiger partial charge in [0.1, 0.15) is 33.5 Å². The van der Waals surface area contributed by atoms with Gasteiger partial charge in [-0.1, -0.05) is 164 Å². The second-order valence-electron chi connectivity index (χ2n) is 27.8. The molecule has 0 saturated heterocycles. The van der Waals surface area contributed by atoms with E-state index < -0.39 is 0 Å². The van der Waals surface area contributed by atoms with Gasteiger partial charge in [-0.3, -0.25) is 0 Å². The van der Waals surface area contributed by atoms with Gasteiger partial charge in [0.2, 0.25) is 0 Å². The Kier molecular flexibility index (Phi) is 28.3. The van der Waals surface area contributed by atoms with E-state index in [-0.39, 0.29) is 60.3 Å². The quantitative estimate of drug-likeness (QED) is 0.130. The predicted molar refractivity (Wildman–Crippen MR) is 473 cm³/mol. The number of benzene rings is 12. The molecular formula is C107H76Ir3N6O3-6. The van der Waals surface area contributed by atoms with E-state index in [1.807, 2.05) is 281 Å². The maximum absolute atomic E-state index is 6.17. The number of fused-ring (bicyclic) bond motifs is 9. The summed E-state index contributed by atoms with van der Waals surface area (Å²) < 4.78 is 18.5. The Morgan fingerprint density at radius 2 is 0.521 bits per heavy atom. The molecule has 0 N–H and O–H groups in total. The smallest absolute Gasteiger partial charge is 0.143 e. The molecule has 21 aromatic rings. The minimum atomic E-state index is 0. The molecule has 0 fully saturated rings. The summed E-state index contributed by atoms with van der Waals surface area (Å²) in [5.74, 6) is 0. The molecule has 0 amide bonds. The van der Waals surface area contributed by atoms with Crippen molar-refractivity contribution < 1.29 is 73.6 Å². The van der Waals surface area contributed by atoms with E-state index in [0.717, 1.165) is 172 Å². The first kappa shape index (κ1) is 83.8. The summed E-state index contributed by atoms with van der Waals surface area (Å²) in [5.41, 5.74) is 29.6. The van der Waals surface area contributed by atoms with Gasteiger partial charge in [-0.2, -0.15) is 0 Å². The van der Waals surface area contributed by atoms with E-state index in [9.17, 15) is 0 Å². The van der Waals surface area contributed by atoms with Crippen LogP contribution in [0.15, 0.2) is 384 Å². The molecule has 0 unspecified atom stereocenters. The fraction of sp³-hybridized carbons (Fsp3) is 0.0467. The van der Waals surface area contributed by atoms with Crippen LogP contribution < -0.4 is 0 Å². The zero-order valence-electron chi connectivity index (χ0n) is 65.6. The Hall–Kier alpha value is -13.1. The molecule has 9 heterocycles. The molecule has 9 nitrogen and oxygen atoms in total. The maximum Gasteiger partial charge on any atom is 0.143 e. The zero-order chi connectivity index (χ0) is 78.9. The third-order valence-corrected chi connectivity index (χ3v) is 19.8. The standard InChI is InChI=1S/3C24H16NO.2C12H10N.C11H8N.3Ir/c3*1-16-14-22(17-8-3-2-4-9-17)25-15-21(16)20-12-7-11-19-18-10-5-6-13-23(18)26-24(19)20;1-10-6-5-9-12(13-10)11-7-3-2-4-8-11;1-10-7-8-12(13-9-10)11-5-3-2-4-6-11;1-2-6-10(7-3-1)11-8-4-5-9-12-11;;;/h3*2-8,10-15H,1H3;2-7,9H,1H3;2-5,7-9H,1H3;1-6,8-9H;;;/q6*-1;;;. The van der Waals surface area contributed by atoms with E-state index in [2.05, 4.69) is 184 Å². The Bertz CT molecular complexity index is 6360. The van der Waals surface area contributed by atoms with Crippen molar-refractivity contribution >= 4 is 65.8 Å². The first-order valence-corrected chi connectivity index (χ1v) is 38.3. The number of nitrogens with zero attached hydrogens (tertiary/aromatic N) is 6. The van der Waals surface area contributed by atoms with Crippen molar-refractivity contribution in [1.82, 2.24) is 29.9 Å². The topological polar surface area (TPSA) is 117 Å². The van der Waals surface area contributed by atoms with Crippen LogP contribution in [0.3, 0.4) is 0 Å². The molecule has 21 rings (SSSR count). The van der Waals surface area contributed by atoms with Gasteiger partial charge < -0.3 is 43.2 Å². The second kappa shape index (κ2) is 40.2. The molecule has 12 aromatic carbocycles. The number of rotatable bonds is 9. The van der Waals surface area contributed by atoms with Crippen molar-refractivity contribution in [1.29, 1.82) is 0 Å². The van der Waals surface area contributed by atoms with Gasteiger partial charge in [-0.15, -0.1) is 215 Å². The molecule has 0 atom stereocenters. The van der Waals surface area contributed by atoms with E-state index in [0.29, 0.717) is 0 Å². The van der Waals surface area contributed by atoms with Crippen LogP contribution in [-0.2, 0) is 60.3 Å². The number of aromatic nitrogens is 6. The fourth-order valence-corrected chi connectivity index (χ4v) is 14.0. The van der Waals surface area contributed by atoms with Crippen LogP contribution in [0.5, 0.6) is 0 Å². The predicted octanol–water partition coefficient (Wildman–Crippen LogP) is 27.5. The largest absolute Gasteiger partial charge is 0.455 e. The Morgan fingerprint density at radius 1 is 0.227 bits per heavy atom. The van der Waals surface area contributed by atoms with Crippen LogP contribution in [0.25, 0.3) is 167 Å². The maximum atomic E-state index is 6.17. The van der Waals surface area contributed by atoms with Crippen LogP contribution in [0.1, 0.15) is 27.9 Å². The minimum Gasteiger partial charge on any atom is -0.455 e. The van der Waals surface area contributed by atoms with Gasteiger partial charge in [0.25, 0.3) is 0 Å². The molecule has 3 radical (unpaired) electrons. The summed E-state index contributed by atoms with van der Waals surface area (Å²) in [6, 6.07) is 132. The van der Waals surface area contributed by atoms with Gasteiger partial charge in [0.05, 0.1) is 0 Å². The van der Waals surface area contributed by atoms with Crippen molar-refractivity contribution in [3.63, 3.8) is 0 Å². The van der Waals surface area contributed by atoms with E-state index in [1.165, 1.54) is 22.3 Å². The number of hydrogen-bond acceptors (Lipinski definition) is 9. The summed E-state index contributed by atoms with van der Waals surface area (Å²) in [5, 5.41) is 6.84. The second-order valence-corrected chi connectivity index (χ2v) is 27.8. The fourth-order valence-electron chi connectivity index (χ4n) is 14.0. The Labute approximate surface area is 733 Å². The van der Waals surface area contributed by atoms with Gasteiger partial charge in [-0.25, -0.2) is 0 Å². The van der Waals surface area contributed by atoms with Crippen molar-refractivity contribution in [2.45, 2.75) is 34.6 Å². The molecule has 0 aliphatic carbocycles. The molecular weight excluding hydrogens is 1990 g/mol. The average molecular weight is 2070 g/mol. The number of para-hydroxylation sites is 6. The summed E-state index contributed by atoms with van der Waals surface area (Å²) >= 11 is 0. The van der Waals surface area contributed by atoms with E-state index >= 15 is 0 Å². The average Bonchev–Trinajstić information content (AvgIpc) is 1.63. The van der Waals surface area contributed by atoms with Gasteiger partial charge >= 0.3 is 0 Å². The normalized spacial score (nSPS) is 10.5. The molecule has 119 heavy (non-hydrogen) atoms. The Balaban J connectivity index is 0.000000127. The molecule has 585 valence electrons. The monoisotopic (exact) mass is 2070 g/mol. The molecule has 9 aromatic heterocycles. The van der Waals surface area contributed by atoms with Crippen LogP contribution in [0, 0.1) is 71.0 Å². The van der Waals surface area contributed by atoms with Gasteiger partial charge in [-0.05, 0) is 121 Å². The minimum absolute atomic E-state index is 0. The van der Waals surface area contributed by atoms with E-state index in [4.69, 9.17) is 13.3 Å². The van der Waals surface area contributed by atoms with Crippen LogP contribution in [0.4, 0.5) is 0 Å². The molecule has 0 saturated carbocycles. The molecule has 0 aliphatic rings. The molecule has 12 heteroatoms. The number of furan rings is 3. The first-order chi connectivity index (χ1) is 57.1. The Morgan fingerprint density at radius 3 is 0.832 bits per heavy atom. The summed E-state index contributed by atoms with van der Waals surface area (Å²) in [7, 11) is 0. The van der Waals surface area contributed by atoms with Crippen molar-refractivity contribution in [2.75, 3.05) is 0 Å². The van der Waals surface area contributed by atoms with E-state index in [1.54, 1.807) is 6.20 Å². The number of pyridine rings is 6. The van der Waals surface area contributed by atoms with Crippen molar-refractivity contribution in [3.05, 3.63) is 435 Å². The number of aryl methyl sites for hydroxylation is 5. The SMILES string of the molecule is Cc1cc(-c2[c-]cccc2)ncc1-c1cccc2c1oc1ccccc12.Cc1cc(-c2[c-]cccc2)ncc1-c1cccc2c1oc1ccccc12.Cc1cc(-c2[c-]cccc2)ncc1-c1cccc2c1oc1ccccc12.Cc1ccc(-c2[c-]cccc2)nc1.Cc1cccc(-c2[c-]cccc2)n1.[Ir].[Ir].[Ir].[c-]1ccccc1-c1ccccn1. The summed E-state index contributed by atoms with van der Waals surface area (Å²) in [6.45, 7) is 10.4. The van der Waals surface area contributed by atoms with Crippen LogP contribution in [0.2, 0.25) is 0 Å². The third kappa shape index (κ3) is 19.8. The molecule has 0 spiro atoms. The van der Waals surface area contributed by atoms with Gasteiger partial charge in [0, 0.05) is 163 Å². The first-order valence-electron chi connectivity index (χ1n) is 38.3. The zero-order valence-corrected chi connectivity index (χ0v) is 72.8. The van der Waals surface area contributed by atoms with Gasteiger partial charge in [0.15, 0.2) is 0 Å². The van der Waals surface area contributed by atoms with Crippen LogP contribution >= 0.6 is 0 Å². The summed E-state index contributed by atoms with van der Waals surface area (Å²) in [4.78, 5) is 27.0. The van der Waals surface area contributed by atoms with Crippen molar-refractivity contribution in [2.24, 2.45) is 0 Å².